The lowest BCUT2D eigenvalue weighted by Gasteiger charge is -2.25. The molecule has 2 amide bonds. The van der Waals surface area contributed by atoms with Gasteiger partial charge in [-0.25, -0.2) is 4.79 Å². The Bertz CT molecular complexity index is 609. The first kappa shape index (κ1) is 15.5. The predicted molar refractivity (Wildman–Crippen MR) is 90.7 cm³/mol. The highest BCUT2D eigenvalue weighted by Gasteiger charge is 2.27. The van der Waals surface area contributed by atoms with Crippen molar-refractivity contribution in [3.8, 4) is 0 Å². The van der Waals surface area contributed by atoms with Crippen molar-refractivity contribution < 1.29 is 4.79 Å². The smallest absolute Gasteiger partial charge is 0.315 e. The van der Waals surface area contributed by atoms with E-state index in [0.717, 1.165) is 5.56 Å². The number of amides is 2. The van der Waals surface area contributed by atoms with Gasteiger partial charge in [0.2, 0.25) is 0 Å². The molecule has 0 radical (unpaired) electrons. The molecule has 1 saturated carbocycles. The van der Waals surface area contributed by atoms with Crippen LogP contribution in [0.25, 0.3) is 0 Å². The first-order chi connectivity index (χ1) is 11.3. The van der Waals surface area contributed by atoms with Crippen molar-refractivity contribution >= 4 is 6.03 Å². The van der Waals surface area contributed by atoms with Crippen LogP contribution in [0.3, 0.4) is 0 Å². The Balaban J connectivity index is 1.62. The summed E-state index contributed by atoms with van der Waals surface area (Å²) in [6.07, 6.45) is 8.36. The van der Waals surface area contributed by atoms with E-state index < -0.39 is 0 Å². The summed E-state index contributed by atoms with van der Waals surface area (Å²) in [6, 6.07) is 14.1. The minimum Gasteiger partial charge on any atom is -0.334 e. The molecule has 1 aliphatic carbocycles. The molecule has 2 aromatic rings. The second-order valence-corrected chi connectivity index (χ2v) is 6.12. The van der Waals surface area contributed by atoms with Gasteiger partial charge >= 0.3 is 6.03 Å². The molecular formula is C19H23N3O. The van der Waals surface area contributed by atoms with Gasteiger partial charge in [0.15, 0.2) is 0 Å². The number of nitrogens with zero attached hydrogens (tertiary/aromatic N) is 1. The fraction of sp³-hybridized carbons (Fsp3) is 0.368. The highest BCUT2D eigenvalue weighted by Crippen LogP contribution is 2.35. The summed E-state index contributed by atoms with van der Waals surface area (Å²) < 4.78 is 0. The second-order valence-electron chi connectivity index (χ2n) is 6.12. The van der Waals surface area contributed by atoms with E-state index in [1.165, 1.54) is 31.2 Å². The molecule has 0 aliphatic heterocycles. The Morgan fingerprint density at radius 2 is 1.78 bits per heavy atom. The monoisotopic (exact) mass is 309 g/mol. The van der Waals surface area contributed by atoms with E-state index in [9.17, 15) is 4.79 Å². The predicted octanol–water partition coefficient (Wildman–Crippen LogP) is 3.81. The molecule has 1 heterocycles. The van der Waals surface area contributed by atoms with Crippen LogP contribution in [0.4, 0.5) is 4.79 Å². The lowest BCUT2D eigenvalue weighted by molar-refractivity contribution is 0.230. The van der Waals surface area contributed by atoms with Crippen LogP contribution in [0, 0.1) is 5.92 Å². The van der Waals surface area contributed by atoms with Gasteiger partial charge in [-0.1, -0.05) is 43.2 Å². The van der Waals surface area contributed by atoms with E-state index in [4.69, 9.17) is 0 Å². The number of pyridine rings is 1. The molecule has 0 saturated heterocycles. The van der Waals surface area contributed by atoms with Crippen molar-refractivity contribution in [1.29, 1.82) is 0 Å². The number of hydrogen-bond donors (Lipinski definition) is 2. The topological polar surface area (TPSA) is 54.0 Å². The number of hydrogen-bond acceptors (Lipinski definition) is 2. The van der Waals surface area contributed by atoms with Crippen molar-refractivity contribution in [2.45, 2.75) is 38.3 Å². The van der Waals surface area contributed by atoms with Crippen LogP contribution in [-0.2, 0) is 6.54 Å². The van der Waals surface area contributed by atoms with Crippen LogP contribution in [0.15, 0.2) is 54.9 Å². The first-order valence-electron chi connectivity index (χ1n) is 8.31. The van der Waals surface area contributed by atoms with E-state index in [1.807, 2.05) is 30.3 Å². The lowest BCUT2D eigenvalue weighted by atomic mass is 9.92. The Labute approximate surface area is 137 Å². The number of carbonyl (C=O) groups is 1. The largest absolute Gasteiger partial charge is 0.334 e. The van der Waals surface area contributed by atoms with Crippen LogP contribution >= 0.6 is 0 Å². The maximum absolute atomic E-state index is 12.3. The van der Waals surface area contributed by atoms with Crippen LogP contribution in [0.1, 0.15) is 42.9 Å². The summed E-state index contributed by atoms with van der Waals surface area (Å²) >= 11 is 0. The van der Waals surface area contributed by atoms with Gasteiger partial charge < -0.3 is 10.6 Å². The third-order valence-electron chi connectivity index (χ3n) is 4.52. The molecule has 1 fully saturated rings. The molecule has 23 heavy (non-hydrogen) atoms. The van der Waals surface area contributed by atoms with Gasteiger partial charge in [0.1, 0.15) is 0 Å². The number of aromatic nitrogens is 1. The molecule has 4 nitrogen and oxygen atoms in total. The Morgan fingerprint density at radius 1 is 1.09 bits per heavy atom. The van der Waals surface area contributed by atoms with Crippen LogP contribution in [-0.4, -0.2) is 11.0 Å². The van der Waals surface area contributed by atoms with E-state index in [-0.39, 0.29) is 12.1 Å². The molecular weight excluding hydrogens is 286 g/mol. The first-order valence-corrected chi connectivity index (χ1v) is 8.31. The molecule has 0 spiro atoms. The molecule has 1 aliphatic rings. The summed E-state index contributed by atoms with van der Waals surface area (Å²) in [4.78, 5) is 16.3. The van der Waals surface area contributed by atoms with Gasteiger partial charge in [0.25, 0.3) is 0 Å². The lowest BCUT2D eigenvalue weighted by Crippen LogP contribution is -2.39. The summed E-state index contributed by atoms with van der Waals surface area (Å²) in [6.45, 7) is 0.514. The minimum absolute atomic E-state index is 0.0936. The van der Waals surface area contributed by atoms with E-state index in [0.29, 0.717) is 12.5 Å². The molecule has 3 rings (SSSR count). The Hall–Kier alpha value is -2.36. The summed E-state index contributed by atoms with van der Waals surface area (Å²) in [5, 5.41) is 6.12. The SMILES string of the molecule is O=C(NCc1ccncc1)NC(c1ccccc1)C1CCCC1. The van der Waals surface area contributed by atoms with Crippen molar-refractivity contribution in [3.05, 3.63) is 66.0 Å². The third kappa shape index (κ3) is 4.31. The van der Waals surface area contributed by atoms with Crippen molar-refractivity contribution in [2.75, 3.05) is 0 Å². The molecule has 0 bridgehead atoms. The Kier molecular flexibility index (Phi) is 5.25. The Morgan fingerprint density at radius 3 is 2.48 bits per heavy atom. The zero-order chi connectivity index (χ0) is 15.9. The number of rotatable bonds is 5. The van der Waals surface area contributed by atoms with Gasteiger partial charge in [-0.05, 0) is 42.0 Å². The van der Waals surface area contributed by atoms with Gasteiger partial charge in [-0.15, -0.1) is 0 Å². The quantitative estimate of drug-likeness (QED) is 0.882. The molecule has 1 aromatic carbocycles. The summed E-state index contributed by atoms with van der Waals surface area (Å²) in [7, 11) is 0. The maximum Gasteiger partial charge on any atom is 0.315 e. The number of benzene rings is 1. The number of nitrogens with one attached hydrogen (secondary N) is 2. The summed E-state index contributed by atoms with van der Waals surface area (Å²) in [5.74, 6) is 0.532. The highest BCUT2D eigenvalue weighted by molar-refractivity contribution is 5.74. The van der Waals surface area contributed by atoms with E-state index in [1.54, 1.807) is 12.4 Å². The molecule has 120 valence electrons. The van der Waals surface area contributed by atoms with Crippen molar-refractivity contribution in [3.63, 3.8) is 0 Å². The average molecular weight is 309 g/mol. The molecule has 2 N–H and O–H groups in total. The van der Waals surface area contributed by atoms with E-state index >= 15 is 0 Å². The zero-order valence-corrected chi connectivity index (χ0v) is 13.2. The minimum atomic E-state index is -0.109. The van der Waals surface area contributed by atoms with Crippen LogP contribution < -0.4 is 10.6 Å². The van der Waals surface area contributed by atoms with Crippen LogP contribution in [0.5, 0.6) is 0 Å². The van der Waals surface area contributed by atoms with Gasteiger partial charge in [-0.2, -0.15) is 0 Å². The molecule has 1 aromatic heterocycles. The standard InChI is InChI=1S/C19H23N3O/c23-19(21-14-15-10-12-20-13-11-15)22-18(17-8-4-5-9-17)16-6-2-1-3-7-16/h1-3,6-7,10-13,17-18H,4-5,8-9,14H2,(H2,21,22,23). The van der Waals surface area contributed by atoms with Gasteiger partial charge in [-0.3, -0.25) is 4.98 Å². The van der Waals surface area contributed by atoms with Crippen molar-refractivity contribution in [1.82, 2.24) is 15.6 Å². The normalized spacial score (nSPS) is 16.0. The average Bonchev–Trinajstić information content (AvgIpc) is 3.14. The maximum atomic E-state index is 12.3. The fourth-order valence-electron chi connectivity index (χ4n) is 3.30. The van der Waals surface area contributed by atoms with Gasteiger partial charge in [0, 0.05) is 18.9 Å². The molecule has 1 atom stereocenters. The number of carbonyl (C=O) groups excluding carboxylic acids is 1. The summed E-state index contributed by atoms with van der Waals surface area (Å²) in [5.41, 5.74) is 2.24. The highest BCUT2D eigenvalue weighted by atomic mass is 16.2. The van der Waals surface area contributed by atoms with Gasteiger partial charge in [0.05, 0.1) is 6.04 Å². The zero-order valence-electron chi connectivity index (χ0n) is 13.2. The second kappa shape index (κ2) is 7.77. The van der Waals surface area contributed by atoms with E-state index in [2.05, 4.69) is 27.8 Å². The molecule has 4 heteroatoms. The fourth-order valence-corrected chi connectivity index (χ4v) is 3.30. The molecule has 1 unspecified atom stereocenters. The third-order valence-corrected chi connectivity index (χ3v) is 4.52. The van der Waals surface area contributed by atoms with Crippen LogP contribution in [0.2, 0.25) is 0 Å². The number of urea groups is 1. The van der Waals surface area contributed by atoms with Crippen molar-refractivity contribution in [2.24, 2.45) is 5.92 Å².